The lowest BCUT2D eigenvalue weighted by Crippen LogP contribution is -2.35. The zero-order chi connectivity index (χ0) is 14.5. The standard InChI is InChI=1S/C13H17F3N2O/c1-9(2)17-7-8-18-12(19)10-5-3-4-6-11(10)13(14,15)16/h3-6,9,17H,7-8H2,1-2H3,(H,18,19). The van der Waals surface area contributed by atoms with E-state index in [1.54, 1.807) is 0 Å². The molecule has 0 saturated heterocycles. The maximum Gasteiger partial charge on any atom is 0.417 e. The Morgan fingerprint density at radius 2 is 1.84 bits per heavy atom. The normalized spacial score (nSPS) is 11.7. The molecule has 0 aliphatic heterocycles. The summed E-state index contributed by atoms with van der Waals surface area (Å²) in [4.78, 5) is 11.7. The summed E-state index contributed by atoms with van der Waals surface area (Å²) < 4.78 is 38.1. The average Bonchev–Trinajstić information content (AvgIpc) is 2.33. The van der Waals surface area contributed by atoms with Gasteiger partial charge in [0, 0.05) is 19.1 Å². The number of alkyl halides is 3. The summed E-state index contributed by atoms with van der Waals surface area (Å²) in [5, 5.41) is 5.53. The number of benzene rings is 1. The molecular formula is C13H17F3N2O. The molecule has 0 bridgehead atoms. The maximum atomic E-state index is 12.7. The Morgan fingerprint density at radius 3 is 2.42 bits per heavy atom. The van der Waals surface area contributed by atoms with Gasteiger partial charge in [0.25, 0.3) is 5.91 Å². The van der Waals surface area contributed by atoms with Crippen LogP contribution in [0.4, 0.5) is 13.2 Å². The van der Waals surface area contributed by atoms with E-state index in [1.807, 2.05) is 13.8 Å². The maximum absolute atomic E-state index is 12.7. The van der Waals surface area contributed by atoms with Crippen molar-refractivity contribution in [2.75, 3.05) is 13.1 Å². The van der Waals surface area contributed by atoms with E-state index in [4.69, 9.17) is 0 Å². The highest BCUT2D eigenvalue weighted by Crippen LogP contribution is 2.31. The van der Waals surface area contributed by atoms with Crippen molar-refractivity contribution >= 4 is 5.91 Å². The molecule has 0 atom stereocenters. The molecule has 0 unspecified atom stereocenters. The van der Waals surface area contributed by atoms with Gasteiger partial charge in [0.15, 0.2) is 0 Å². The molecule has 6 heteroatoms. The second-order valence-corrected chi connectivity index (χ2v) is 4.41. The molecule has 0 heterocycles. The van der Waals surface area contributed by atoms with E-state index in [2.05, 4.69) is 10.6 Å². The van der Waals surface area contributed by atoms with Crippen LogP contribution in [0.2, 0.25) is 0 Å². The van der Waals surface area contributed by atoms with Crippen LogP contribution in [0.15, 0.2) is 24.3 Å². The summed E-state index contributed by atoms with van der Waals surface area (Å²) in [5.74, 6) is -0.710. The Bertz CT molecular complexity index is 430. The average molecular weight is 274 g/mol. The van der Waals surface area contributed by atoms with Crippen LogP contribution < -0.4 is 10.6 Å². The van der Waals surface area contributed by atoms with Gasteiger partial charge in [-0.05, 0) is 12.1 Å². The van der Waals surface area contributed by atoms with E-state index >= 15 is 0 Å². The smallest absolute Gasteiger partial charge is 0.351 e. The first-order valence-electron chi connectivity index (χ1n) is 6.00. The fourth-order valence-corrected chi connectivity index (χ4v) is 1.56. The quantitative estimate of drug-likeness (QED) is 0.810. The van der Waals surface area contributed by atoms with E-state index < -0.39 is 17.6 Å². The second-order valence-electron chi connectivity index (χ2n) is 4.41. The van der Waals surface area contributed by atoms with E-state index in [0.29, 0.717) is 6.54 Å². The number of carbonyl (C=O) groups is 1. The van der Waals surface area contributed by atoms with Crippen molar-refractivity contribution in [3.63, 3.8) is 0 Å². The summed E-state index contributed by atoms with van der Waals surface area (Å²) in [6.07, 6.45) is -4.52. The first-order chi connectivity index (χ1) is 8.82. The van der Waals surface area contributed by atoms with Crippen molar-refractivity contribution in [1.29, 1.82) is 0 Å². The number of nitrogens with one attached hydrogen (secondary N) is 2. The molecular weight excluding hydrogens is 257 g/mol. The lowest BCUT2D eigenvalue weighted by molar-refractivity contribution is -0.137. The van der Waals surface area contributed by atoms with Crippen LogP contribution in [0.5, 0.6) is 0 Å². The van der Waals surface area contributed by atoms with Crippen LogP contribution in [0, 0.1) is 0 Å². The van der Waals surface area contributed by atoms with Gasteiger partial charge < -0.3 is 10.6 Å². The summed E-state index contributed by atoms with van der Waals surface area (Å²) in [6, 6.07) is 5.02. The highest BCUT2D eigenvalue weighted by atomic mass is 19.4. The molecule has 0 spiro atoms. The lowest BCUT2D eigenvalue weighted by atomic mass is 10.1. The number of rotatable bonds is 5. The fourth-order valence-electron chi connectivity index (χ4n) is 1.56. The van der Waals surface area contributed by atoms with Crippen LogP contribution in [-0.2, 0) is 6.18 Å². The zero-order valence-corrected chi connectivity index (χ0v) is 10.8. The molecule has 1 aromatic carbocycles. The SMILES string of the molecule is CC(C)NCCNC(=O)c1ccccc1C(F)(F)F. The number of carbonyl (C=O) groups excluding carboxylic acids is 1. The van der Waals surface area contributed by atoms with E-state index in [-0.39, 0.29) is 18.2 Å². The molecule has 1 amide bonds. The van der Waals surface area contributed by atoms with Crippen molar-refractivity contribution in [2.24, 2.45) is 0 Å². The number of halogens is 3. The minimum absolute atomic E-state index is 0.263. The van der Waals surface area contributed by atoms with Gasteiger partial charge in [-0.3, -0.25) is 4.79 Å². The van der Waals surface area contributed by atoms with Gasteiger partial charge in [0.05, 0.1) is 11.1 Å². The third kappa shape index (κ3) is 4.90. The van der Waals surface area contributed by atoms with Crippen LogP contribution >= 0.6 is 0 Å². The minimum Gasteiger partial charge on any atom is -0.351 e. The first-order valence-corrected chi connectivity index (χ1v) is 6.00. The molecule has 0 saturated carbocycles. The summed E-state index contributed by atoms with van der Waals surface area (Å²) >= 11 is 0. The third-order valence-electron chi connectivity index (χ3n) is 2.44. The summed E-state index contributed by atoms with van der Waals surface area (Å²) in [5.41, 5.74) is -1.26. The molecule has 2 N–H and O–H groups in total. The van der Waals surface area contributed by atoms with Crippen molar-refractivity contribution in [3.8, 4) is 0 Å². The van der Waals surface area contributed by atoms with Crippen molar-refractivity contribution in [3.05, 3.63) is 35.4 Å². The van der Waals surface area contributed by atoms with Crippen molar-refractivity contribution in [2.45, 2.75) is 26.1 Å². The summed E-state index contributed by atoms with van der Waals surface area (Å²) in [6.45, 7) is 4.68. The fraction of sp³-hybridized carbons (Fsp3) is 0.462. The van der Waals surface area contributed by atoms with Crippen LogP contribution in [0.25, 0.3) is 0 Å². The molecule has 0 fully saturated rings. The highest BCUT2D eigenvalue weighted by molar-refractivity contribution is 5.95. The second kappa shape index (κ2) is 6.56. The van der Waals surface area contributed by atoms with Gasteiger partial charge in [-0.2, -0.15) is 13.2 Å². The number of hydrogen-bond donors (Lipinski definition) is 2. The predicted octanol–water partition coefficient (Wildman–Crippen LogP) is 2.43. The number of hydrogen-bond acceptors (Lipinski definition) is 2. The minimum atomic E-state index is -4.52. The Morgan fingerprint density at radius 1 is 1.21 bits per heavy atom. The summed E-state index contributed by atoms with van der Waals surface area (Å²) in [7, 11) is 0. The van der Waals surface area contributed by atoms with Crippen LogP contribution in [0.1, 0.15) is 29.8 Å². The molecule has 0 aliphatic rings. The van der Waals surface area contributed by atoms with Gasteiger partial charge in [-0.25, -0.2) is 0 Å². The van der Waals surface area contributed by atoms with E-state index in [1.165, 1.54) is 18.2 Å². The Kier molecular flexibility index (Phi) is 5.35. The molecule has 19 heavy (non-hydrogen) atoms. The monoisotopic (exact) mass is 274 g/mol. The van der Waals surface area contributed by atoms with Gasteiger partial charge in [0.1, 0.15) is 0 Å². The van der Waals surface area contributed by atoms with Crippen LogP contribution in [0.3, 0.4) is 0 Å². The van der Waals surface area contributed by atoms with Crippen molar-refractivity contribution in [1.82, 2.24) is 10.6 Å². The molecule has 0 radical (unpaired) electrons. The molecule has 0 aliphatic carbocycles. The number of amides is 1. The van der Waals surface area contributed by atoms with Crippen molar-refractivity contribution < 1.29 is 18.0 Å². The van der Waals surface area contributed by atoms with Gasteiger partial charge >= 0.3 is 6.18 Å². The van der Waals surface area contributed by atoms with Gasteiger partial charge in [-0.15, -0.1) is 0 Å². The molecule has 106 valence electrons. The molecule has 3 nitrogen and oxygen atoms in total. The van der Waals surface area contributed by atoms with E-state index in [9.17, 15) is 18.0 Å². The van der Waals surface area contributed by atoms with Gasteiger partial charge in [0.2, 0.25) is 0 Å². The first kappa shape index (κ1) is 15.5. The third-order valence-corrected chi connectivity index (χ3v) is 2.44. The molecule has 0 aromatic heterocycles. The Hall–Kier alpha value is -1.56. The predicted molar refractivity (Wildman–Crippen MR) is 66.9 cm³/mol. The van der Waals surface area contributed by atoms with E-state index in [0.717, 1.165) is 6.07 Å². The molecule has 1 rings (SSSR count). The topological polar surface area (TPSA) is 41.1 Å². The lowest BCUT2D eigenvalue weighted by Gasteiger charge is -2.13. The van der Waals surface area contributed by atoms with Gasteiger partial charge in [-0.1, -0.05) is 26.0 Å². The highest BCUT2D eigenvalue weighted by Gasteiger charge is 2.34. The van der Waals surface area contributed by atoms with Crippen LogP contribution in [-0.4, -0.2) is 25.0 Å². The molecule has 1 aromatic rings. The largest absolute Gasteiger partial charge is 0.417 e. The Labute approximate surface area is 110 Å². The Balaban J connectivity index is 2.67. The zero-order valence-electron chi connectivity index (χ0n) is 10.8.